The van der Waals surface area contributed by atoms with Crippen molar-refractivity contribution in [2.45, 2.75) is 6.92 Å². The molecule has 190 valence electrons. The summed E-state index contributed by atoms with van der Waals surface area (Å²) < 4.78 is 11.2. The van der Waals surface area contributed by atoms with Crippen LogP contribution in [0.2, 0.25) is 5.02 Å². The molecule has 5 rings (SSSR count). The molecule has 0 bridgehead atoms. The average Bonchev–Trinajstić information content (AvgIpc) is 2.92. The number of rotatable bonds is 5. The molecule has 2 aliphatic heterocycles. The van der Waals surface area contributed by atoms with E-state index in [1.165, 1.54) is 4.90 Å². The van der Waals surface area contributed by atoms with Gasteiger partial charge in [-0.2, -0.15) is 0 Å². The van der Waals surface area contributed by atoms with E-state index in [-0.39, 0.29) is 24.1 Å². The molecule has 0 unspecified atom stereocenters. The molecule has 0 aliphatic carbocycles. The van der Waals surface area contributed by atoms with Crippen LogP contribution in [0.25, 0.3) is 6.08 Å². The number of halogens is 1. The Bertz CT molecular complexity index is 1350. The molecule has 7 nitrogen and oxygen atoms in total. The minimum atomic E-state index is -0.351. The van der Waals surface area contributed by atoms with Crippen LogP contribution in [-0.4, -0.2) is 56.5 Å². The number of fused-ring (bicyclic) bond motifs is 1. The van der Waals surface area contributed by atoms with Gasteiger partial charge in [-0.3, -0.25) is 14.5 Å². The van der Waals surface area contributed by atoms with Crippen LogP contribution < -0.4 is 19.3 Å². The molecular weight excluding hydrogens is 490 g/mol. The Balaban J connectivity index is 1.31. The number of benzene rings is 3. The highest BCUT2D eigenvalue weighted by Gasteiger charge is 2.33. The molecular formula is C29H28ClN3O4. The van der Waals surface area contributed by atoms with Gasteiger partial charge in [0, 0.05) is 36.9 Å². The molecule has 2 heterocycles. The predicted octanol–water partition coefficient (Wildman–Crippen LogP) is 4.77. The summed E-state index contributed by atoms with van der Waals surface area (Å²) >= 11 is 6.21. The minimum Gasteiger partial charge on any atom is -0.497 e. The van der Waals surface area contributed by atoms with Crippen LogP contribution in [0.5, 0.6) is 11.5 Å². The molecule has 1 fully saturated rings. The molecule has 3 aromatic rings. The Hall–Kier alpha value is -3.97. The zero-order valence-electron chi connectivity index (χ0n) is 20.8. The van der Waals surface area contributed by atoms with E-state index in [2.05, 4.69) is 11.8 Å². The van der Waals surface area contributed by atoms with Crippen LogP contribution in [0, 0.1) is 6.92 Å². The van der Waals surface area contributed by atoms with Crippen LogP contribution in [0.4, 0.5) is 11.4 Å². The SMILES string of the molecule is COc1ccc(C=C2Oc3ccccc3N(CC(=O)N3CCN(c4cc(Cl)ccc4C)CC3)C2=O)cc1. The normalized spacial score (nSPS) is 16.5. The maximum Gasteiger partial charge on any atom is 0.294 e. The van der Waals surface area contributed by atoms with E-state index >= 15 is 0 Å². The second-order valence-electron chi connectivity index (χ2n) is 9.04. The molecule has 2 amide bonds. The first-order valence-corrected chi connectivity index (χ1v) is 12.5. The van der Waals surface area contributed by atoms with Crippen molar-refractivity contribution in [2.75, 3.05) is 49.6 Å². The van der Waals surface area contributed by atoms with E-state index < -0.39 is 0 Å². The van der Waals surface area contributed by atoms with Crippen LogP contribution in [0.1, 0.15) is 11.1 Å². The van der Waals surface area contributed by atoms with Crippen molar-refractivity contribution in [1.29, 1.82) is 0 Å². The highest BCUT2D eigenvalue weighted by Crippen LogP contribution is 2.36. The van der Waals surface area contributed by atoms with Crippen LogP contribution >= 0.6 is 11.6 Å². The molecule has 0 N–H and O–H groups in total. The number of methoxy groups -OCH3 is 1. The third-order valence-electron chi connectivity index (χ3n) is 6.68. The van der Waals surface area contributed by atoms with E-state index in [1.807, 2.05) is 59.5 Å². The second kappa shape index (κ2) is 10.6. The molecule has 0 aromatic heterocycles. The first kappa shape index (κ1) is 24.7. The topological polar surface area (TPSA) is 62.3 Å². The van der Waals surface area contributed by atoms with Crippen molar-refractivity contribution >= 4 is 40.9 Å². The number of para-hydroxylation sites is 2. The Morgan fingerprint density at radius 3 is 2.46 bits per heavy atom. The third-order valence-corrected chi connectivity index (χ3v) is 6.92. The van der Waals surface area contributed by atoms with E-state index in [9.17, 15) is 9.59 Å². The predicted molar refractivity (Wildman–Crippen MR) is 145 cm³/mol. The van der Waals surface area contributed by atoms with Crippen molar-refractivity contribution in [3.8, 4) is 11.5 Å². The van der Waals surface area contributed by atoms with Crippen LogP contribution in [0.15, 0.2) is 72.5 Å². The van der Waals surface area contributed by atoms with E-state index in [4.69, 9.17) is 21.1 Å². The van der Waals surface area contributed by atoms with Gasteiger partial charge in [-0.25, -0.2) is 0 Å². The molecule has 1 saturated heterocycles. The second-order valence-corrected chi connectivity index (χ2v) is 9.48. The van der Waals surface area contributed by atoms with Gasteiger partial charge in [0.05, 0.1) is 12.8 Å². The molecule has 0 atom stereocenters. The number of nitrogens with zero attached hydrogens (tertiary/aromatic N) is 3. The number of anilines is 2. The monoisotopic (exact) mass is 517 g/mol. The smallest absolute Gasteiger partial charge is 0.294 e. The Kier molecular flexibility index (Phi) is 7.06. The molecule has 0 radical (unpaired) electrons. The number of carbonyl (C=O) groups is 2. The highest BCUT2D eigenvalue weighted by atomic mass is 35.5. The summed E-state index contributed by atoms with van der Waals surface area (Å²) in [6, 6.07) is 20.5. The molecule has 2 aliphatic rings. The lowest BCUT2D eigenvalue weighted by atomic mass is 10.1. The summed E-state index contributed by atoms with van der Waals surface area (Å²) in [5.74, 6) is 0.974. The van der Waals surface area contributed by atoms with Gasteiger partial charge in [0.15, 0.2) is 11.5 Å². The molecule has 37 heavy (non-hydrogen) atoms. The Labute approximate surface area is 221 Å². The van der Waals surface area contributed by atoms with Gasteiger partial charge in [-0.1, -0.05) is 41.9 Å². The molecule has 0 spiro atoms. The minimum absolute atomic E-state index is 0.0602. The maximum atomic E-state index is 13.5. The number of amides is 2. The largest absolute Gasteiger partial charge is 0.497 e. The summed E-state index contributed by atoms with van der Waals surface area (Å²) in [5, 5.41) is 0.696. The number of carbonyl (C=O) groups excluding carboxylic acids is 2. The summed E-state index contributed by atoms with van der Waals surface area (Å²) in [5.41, 5.74) is 3.62. The lowest BCUT2D eigenvalue weighted by Crippen LogP contribution is -2.52. The summed E-state index contributed by atoms with van der Waals surface area (Å²) in [6.45, 7) is 4.53. The zero-order valence-corrected chi connectivity index (χ0v) is 21.6. The fraction of sp³-hybridized carbons (Fsp3) is 0.241. The van der Waals surface area contributed by atoms with Gasteiger partial charge in [-0.05, 0) is 60.5 Å². The van der Waals surface area contributed by atoms with Gasteiger partial charge in [-0.15, -0.1) is 0 Å². The Morgan fingerprint density at radius 2 is 1.73 bits per heavy atom. The molecule has 8 heteroatoms. The van der Waals surface area contributed by atoms with Crippen molar-refractivity contribution in [1.82, 2.24) is 4.90 Å². The fourth-order valence-corrected chi connectivity index (χ4v) is 4.79. The molecule has 0 saturated carbocycles. The lowest BCUT2D eigenvalue weighted by molar-refractivity contribution is -0.131. The molecule has 3 aromatic carbocycles. The van der Waals surface area contributed by atoms with E-state index in [1.54, 1.807) is 25.3 Å². The summed E-state index contributed by atoms with van der Waals surface area (Å²) in [6.07, 6.45) is 1.68. The van der Waals surface area contributed by atoms with E-state index in [0.717, 1.165) is 22.6 Å². The quantitative estimate of drug-likeness (QED) is 0.456. The number of aryl methyl sites for hydroxylation is 1. The van der Waals surface area contributed by atoms with Crippen molar-refractivity contribution < 1.29 is 19.1 Å². The highest BCUT2D eigenvalue weighted by molar-refractivity contribution is 6.30. The Morgan fingerprint density at radius 1 is 1.00 bits per heavy atom. The maximum absolute atomic E-state index is 13.5. The number of hydrogen-bond donors (Lipinski definition) is 0. The van der Waals surface area contributed by atoms with Crippen LogP contribution in [-0.2, 0) is 9.59 Å². The number of ether oxygens (including phenoxy) is 2. The van der Waals surface area contributed by atoms with Gasteiger partial charge in [0.25, 0.3) is 5.91 Å². The number of hydrogen-bond acceptors (Lipinski definition) is 5. The van der Waals surface area contributed by atoms with Crippen molar-refractivity contribution in [2.24, 2.45) is 0 Å². The lowest BCUT2D eigenvalue weighted by Gasteiger charge is -2.38. The fourth-order valence-electron chi connectivity index (χ4n) is 4.63. The van der Waals surface area contributed by atoms with Gasteiger partial charge >= 0.3 is 0 Å². The third kappa shape index (κ3) is 5.27. The van der Waals surface area contributed by atoms with Gasteiger partial charge < -0.3 is 19.3 Å². The van der Waals surface area contributed by atoms with E-state index in [0.29, 0.717) is 42.6 Å². The van der Waals surface area contributed by atoms with Crippen molar-refractivity contribution in [3.63, 3.8) is 0 Å². The average molecular weight is 518 g/mol. The van der Waals surface area contributed by atoms with Crippen molar-refractivity contribution in [3.05, 3.63) is 88.6 Å². The zero-order chi connectivity index (χ0) is 25.9. The summed E-state index contributed by atoms with van der Waals surface area (Å²) in [7, 11) is 1.60. The van der Waals surface area contributed by atoms with Gasteiger partial charge in [0.1, 0.15) is 12.3 Å². The van der Waals surface area contributed by atoms with Gasteiger partial charge in [0.2, 0.25) is 5.91 Å². The summed E-state index contributed by atoms with van der Waals surface area (Å²) in [4.78, 5) is 32.4. The number of piperazine rings is 1. The first-order valence-electron chi connectivity index (χ1n) is 12.2. The standard InChI is InChI=1S/C29H28ClN3O4/c1-20-7-10-22(30)18-25(20)31-13-15-32(16-14-31)28(34)19-33-24-5-3-4-6-26(24)37-27(29(33)35)17-21-8-11-23(36-2)12-9-21/h3-12,17-18H,13-16,19H2,1-2H3. The first-order chi connectivity index (χ1) is 17.9. The van der Waals surface area contributed by atoms with Crippen LogP contribution in [0.3, 0.4) is 0 Å².